The molecule has 4 nitrogen and oxygen atoms in total. The van der Waals surface area contributed by atoms with Crippen LogP contribution >= 0.6 is 0 Å². The molecule has 0 fully saturated rings. The van der Waals surface area contributed by atoms with E-state index >= 15 is 0 Å². The first-order chi connectivity index (χ1) is 21.2. The van der Waals surface area contributed by atoms with Crippen LogP contribution in [0.25, 0.3) is 0 Å². The van der Waals surface area contributed by atoms with Gasteiger partial charge in [0.05, 0.1) is 13.2 Å². The number of benzene rings is 5. The quantitative estimate of drug-likeness (QED) is 0.142. The smallest absolute Gasteiger partial charge is 0.254 e. The average Bonchev–Trinajstić information content (AvgIpc) is 3.07. The molecule has 0 aromatic heterocycles. The Labute approximate surface area is 255 Å². The summed E-state index contributed by atoms with van der Waals surface area (Å²) in [4.78, 5) is 16.4. The highest BCUT2D eigenvalue weighted by atomic mass is 16.5. The van der Waals surface area contributed by atoms with Gasteiger partial charge in [0.1, 0.15) is 6.61 Å². The highest BCUT2D eigenvalue weighted by molar-refractivity contribution is 5.94. The minimum atomic E-state index is -0.283. The molecule has 0 spiro atoms. The van der Waals surface area contributed by atoms with Crippen LogP contribution in [0.5, 0.6) is 11.5 Å². The van der Waals surface area contributed by atoms with Gasteiger partial charge in [-0.25, -0.2) is 0 Å². The largest absolute Gasteiger partial charge is 0.493 e. The van der Waals surface area contributed by atoms with Crippen molar-refractivity contribution >= 4 is 5.91 Å². The molecule has 5 aromatic rings. The summed E-state index contributed by atoms with van der Waals surface area (Å²) in [5.74, 6) is 1.28. The Kier molecular flexibility index (Phi) is 10.3. The molecular weight excluding hydrogens is 530 g/mol. The van der Waals surface area contributed by atoms with Gasteiger partial charge in [-0.3, -0.25) is 4.79 Å². The van der Waals surface area contributed by atoms with Gasteiger partial charge in [0.15, 0.2) is 11.5 Å². The second-order valence-electron chi connectivity index (χ2n) is 10.7. The van der Waals surface area contributed by atoms with E-state index in [1.807, 2.05) is 102 Å². The topological polar surface area (TPSA) is 38.8 Å². The summed E-state index contributed by atoms with van der Waals surface area (Å²) in [7, 11) is 1.65. The van der Waals surface area contributed by atoms with E-state index in [9.17, 15) is 4.79 Å². The number of ether oxygens (including phenoxy) is 2. The van der Waals surface area contributed by atoms with Gasteiger partial charge in [0, 0.05) is 12.1 Å². The first-order valence-electron chi connectivity index (χ1n) is 15.0. The van der Waals surface area contributed by atoms with Gasteiger partial charge >= 0.3 is 0 Å². The number of aryl methyl sites for hydroxylation is 1. The Morgan fingerprint density at radius 1 is 0.674 bits per heavy atom. The van der Waals surface area contributed by atoms with E-state index in [4.69, 9.17) is 9.47 Å². The fourth-order valence-electron chi connectivity index (χ4n) is 5.33. The van der Waals surface area contributed by atoms with Crippen LogP contribution < -0.4 is 9.47 Å². The number of carbonyl (C=O) groups excluding carboxylic acids is 1. The SMILES string of the molecule is CCCCc1ccc(C(=O)N(Cc2ccc(OCc3ccccc3)c(OC)c2)C(c2ccccc2)c2ccccc2)cc1. The molecule has 4 heteroatoms. The van der Waals surface area contributed by atoms with Crippen LogP contribution in [0.3, 0.4) is 0 Å². The molecule has 0 saturated carbocycles. The molecule has 0 atom stereocenters. The van der Waals surface area contributed by atoms with Crippen molar-refractivity contribution in [3.05, 3.63) is 167 Å². The van der Waals surface area contributed by atoms with E-state index in [0.717, 1.165) is 41.5 Å². The van der Waals surface area contributed by atoms with Crippen LogP contribution in [0.15, 0.2) is 133 Å². The molecule has 0 saturated heterocycles. The second-order valence-corrected chi connectivity index (χ2v) is 10.7. The summed E-state index contributed by atoms with van der Waals surface area (Å²) < 4.78 is 11.9. The number of hydrogen-bond acceptors (Lipinski definition) is 3. The Bertz CT molecular complexity index is 1530. The van der Waals surface area contributed by atoms with Gasteiger partial charge in [-0.15, -0.1) is 0 Å². The van der Waals surface area contributed by atoms with Crippen molar-refractivity contribution in [2.45, 2.75) is 45.4 Å². The van der Waals surface area contributed by atoms with Crippen molar-refractivity contribution in [1.29, 1.82) is 0 Å². The third-order valence-corrected chi connectivity index (χ3v) is 7.64. The van der Waals surface area contributed by atoms with Gasteiger partial charge in [0.2, 0.25) is 0 Å². The normalized spacial score (nSPS) is 10.9. The molecule has 5 rings (SSSR count). The zero-order valence-corrected chi connectivity index (χ0v) is 25.0. The van der Waals surface area contributed by atoms with E-state index in [2.05, 4.69) is 43.3 Å². The minimum Gasteiger partial charge on any atom is -0.493 e. The predicted octanol–water partition coefficient (Wildman–Crippen LogP) is 9.05. The van der Waals surface area contributed by atoms with Crippen molar-refractivity contribution in [2.24, 2.45) is 0 Å². The molecule has 1 amide bonds. The van der Waals surface area contributed by atoms with Crippen LogP contribution in [0.1, 0.15) is 64.0 Å². The zero-order valence-electron chi connectivity index (χ0n) is 25.0. The molecule has 0 bridgehead atoms. The highest BCUT2D eigenvalue weighted by Crippen LogP contribution is 2.34. The van der Waals surface area contributed by atoms with Crippen LogP contribution in [0.2, 0.25) is 0 Å². The first kappa shape index (κ1) is 29.7. The number of methoxy groups -OCH3 is 1. The fraction of sp³-hybridized carbons (Fsp3) is 0.205. The number of hydrogen-bond donors (Lipinski definition) is 0. The van der Waals surface area contributed by atoms with Crippen LogP contribution in [-0.4, -0.2) is 17.9 Å². The summed E-state index contributed by atoms with van der Waals surface area (Å²) in [6, 6.07) is 44.3. The third kappa shape index (κ3) is 7.72. The highest BCUT2D eigenvalue weighted by Gasteiger charge is 2.28. The molecule has 0 N–H and O–H groups in total. The van der Waals surface area contributed by atoms with Crippen LogP contribution in [-0.2, 0) is 19.6 Å². The molecule has 0 heterocycles. The number of carbonyl (C=O) groups is 1. The predicted molar refractivity (Wildman–Crippen MR) is 173 cm³/mol. The molecule has 43 heavy (non-hydrogen) atoms. The van der Waals surface area contributed by atoms with E-state index in [1.165, 1.54) is 5.56 Å². The number of unbranched alkanes of at least 4 members (excludes halogenated alkanes) is 1. The lowest BCUT2D eigenvalue weighted by atomic mass is 9.95. The lowest BCUT2D eigenvalue weighted by molar-refractivity contribution is 0.0690. The Balaban J connectivity index is 1.50. The summed E-state index contributed by atoms with van der Waals surface area (Å²) in [5, 5.41) is 0. The van der Waals surface area contributed by atoms with Crippen LogP contribution in [0.4, 0.5) is 0 Å². The van der Waals surface area contributed by atoms with Gasteiger partial charge in [-0.05, 0) is 64.9 Å². The van der Waals surface area contributed by atoms with Gasteiger partial charge in [0.25, 0.3) is 5.91 Å². The number of nitrogens with zero attached hydrogens (tertiary/aromatic N) is 1. The molecular formula is C39H39NO3. The van der Waals surface area contributed by atoms with Gasteiger partial charge in [-0.2, -0.15) is 0 Å². The average molecular weight is 570 g/mol. The standard InChI is InChI=1S/C39H39NO3/c1-3-4-14-30-21-24-35(25-22-30)39(41)40(38(33-17-10-6-11-18-33)34-19-12-7-13-20-34)28-32-23-26-36(37(27-32)42-2)43-29-31-15-8-5-9-16-31/h5-13,15-27,38H,3-4,14,28-29H2,1-2H3. The van der Waals surface area contributed by atoms with E-state index in [-0.39, 0.29) is 11.9 Å². The minimum absolute atomic E-state index is 0.0249. The summed E-state index contributed by atoms with van der Waals surface area (Å²) in [6.45, 7) is 3.03. The van der Waals surface area contributed by atoms with Crippen molar-refractivity contribution in [3.63, 3.8) is 0 Å². The Morgan fingerprint density at radius 3 is 1.84 bits per heavy atom. The molecule has 5 aromatic carbocycles. The third-order valence-electron chi connectivity index (χ3n) is 7.64. The second kappa shape index (κ2) is 14.9. The van der Waals surface area contributed by atoms with E-state index in [0.29, 0.717) is 30.2 Å². The maximum atomic E-state index is 14.4. The van der Waals surface area contributed by atoms with Crippen molar-refractivity contribution in [3.8, 4) is 11.5 Å². The van der Waals surface area contributed by atoms with Gasteiger partial charge < -0.3 is 14.4 Å². The lowest BCUT2D eigenvalue weighted by Crippen LogP contribution is -2.35. The van der Waals surface area contributed by atoms with Gasteiger partial charge in [-0.1, -0.05) is 123 Å². The fourth-order valence-corrected chi connectivity index (χ4v) is 5.33. The monoisotopic (exact) mass is 569 g/mol. The summed E-state index contributed by atoms with van der Waals surface area (Å²) >= 11 is 0. The van der Waals surface area contributed by atoms with Crippen LogP contribution in [0, 0.1) is 0 Å². The molecule has 0 unspecified atom stereocenters. The molecule has 0 aliphatic heterocycles. The van der Waals surface area contributed by atoms with Crippen molar-refractivity contribution < 1.29 is 14.3 Å². The number of amides is 1. The maximum absolute atomic E-state index is 14.4. The summed E-state index contributed by atoms with van der Waals surface area (Å²) in [5.41, 5.74) is 6.07. The van der Waals surface area contributed by atoms with Crippen molar-refractivity contribution in [2.75, 3.05) is 7.11 Å². The maximum Gasteiger partial charge on any atom is 0.254 e. The molecule has 0 aliphatic rings. The molecule has 0 radical (unpaired) electrons. The van der Waals surface area contributed by atoms with E-state index < -0.39 is 0 Å². The first-order valence-corrected chi connectivity index (χ1v) is 15.0. The number of rotatable bonds is 13. The Hall–Kier alpha value is -4.83. The lowest BCUT2D eigenvalue weighted by Gasteiger charge is -2.33. The summed E-state index contributed by atoms with van der Waals surface area (Å²) in [6.07, 6.45) is 3.30. The molecule has 0 aliphatic carbocycles. The van der Waals surface area contributed by atoms with E-state index in [1.54, 1.807) is 7.11 Å². The Morgan fingerprint density at radius 2 is 1.26 bits per heavy atom. The van der Waals surface area contributed by atoms with Crippen molar-refractivity contribution in [1.82, 2.24) is 4.90 Å². The molecule has 218 valence electrons. The zero-order chi connectivity index (χ0) is 29.9.